The van der Waals surface area contributed by atoms with Crippen LogP contribution in [0.4, 0.5) is 0 Å². The Bertz CT molecular complexity index is 955. The molecule has 7 nitrogen and oxygen atoms in total. The fourth-order valence-corrected chi connectivity index (χ4v) is 2.75. The van der Waals surface area contributed by atoms with Crippen molar-refractivity contribution in [1.82, 2.24) is 19.1 Å². The number of aromatic nitrogens is 4. The summed E-state index contributed by atoms with van der Waals surface area (Å²) in [4.78, 5) is 20.0. The Morgan fingerprint density at radius 3 is 2.67 bits per heavy atom. The molecular formula is C17H20N6O. The third kappa shape index (κ3) is 2.92. The molecule has 124 valence electrons. The van der Waals surface area contributed by atoms with Gasteiger partial charge in [-0.1, -0.05) is 0 Å². The lowest BCUT2D eigenvalue weighted by Gasteiger charge is -2.14. The van der Waals surface area contributed by atoms with Crippen LogP contribution < -0.4 is 11.2 Å². The number of nitrogens with zero attached hydrogens (tertiary/aromatic N) is 4. The third-order valence-electron chi connectivity index (χ3n) is 4.20. The van der Waals surface area contributed by atoms with E-state index < -0.39 is 5.91 Å². The molecule has 7 heteroatoms. The van der Waals surface area contributed by atoms with Gasteiger partial charge in [-0.25, -0.2) is 9.97 Å². The maximum Gasteiger partial charge on any atom is 0.271 e. The summed E-state index contributed by atoms with van der Waals surface area (Å²) in [5, 5.41) is 8.32. The van der Waals surface area contributed by atoms with Crippen molar-refractivity contribution >= 4 is 16.9 Å². The van der Waals surface area contributed by atoms with Crippen LogP contribution in [-0.4, -0.2) is 25.0 Å². The number of amides is 1. The van der Waals surface area contributed by atoms with Gasteiger partial charge in [-0.15, -0.1) is 0 Å². The first-order chi connectivity index (χ1) is 11.5. The first kappa shape index (κ1) is 15.9. The van der Waals surface area contributed by atoms with Gasteiger partial charge in [0.2, 0.25) is 0 Å². The molecule has 1 amide bonds. The first-order valence-corrected chi connectivity index (χ1v) is 7.79. The van der Waals surface area contributed by atoms with Crippen LogP contribution in [0.2, 0.25) is 0 Å². The van der Waals surface area contributed by atoms with Crippen molar-refractivity contribution in [3.63, 3.8) is 0 Å². The quantitative estimate of drug-likeness (QED) is 0.743. The first-order valence-electron chi connectivity index (χ1n) is 7.79. The van der Waals surface area contributed by atoms with E-state index in [4.69, 9.17) is 11.1 Å². The summed E-state index contributed by atoms with van der Waals surface area (Å²) in [5.41, 5.74) is 9.21. The largest absolute Gasteiger partial charge is 0.364 e. The van der Waals surface area contributed by atoms with Gasteiger partial charge < -0.3 is 14.9 Å². The minimum Gasteiger partial charge on any atom is -0.364 e. The molecule has 24 heavy (non-hydrogen) atoms. The Kier molecular flexibility index (Phi) is 4.16. The number of fused-ring (bicyclic) bond motifs is 1. The summed E-state index contributed by atoms with van der Waals surface area (Å²) in [6, 6.07) is 3.95. The van der Waals surface area contributed by atoms with Gasteiger partial charge in [-0.05, 0) is 43.5 Å². The molecule has 0 aliphatic carbocycles. The van der Waals surface area contributed by atoms with Crippen molar-refractivity contribution in [2.24, 2.45) is 5.73 Å². The number of nitrogens with two attached hydrogens (primary N) is 1. The summed E-state index contributed by atoms with van der Waals surface area (Å²) in [5.74, 6) is -0.677. The number of nitrogens with one attached hydrogen (secondary N) is 1. The standard InChI is InChI=1S/C17H20N6O/c1-11-8-13-14(9-12(11)2)23(16(18)15(21-13)17(19)24)6-3-5-22-7-4-20-10-22/h4,7-10,18H,3,5-6H2,1-2H3,(H2,19,24). The highest BCUT2D eigenvalue weighted by atomic mass is 16.1. The predicted octanol–water partition coefficient (Wildman–Crippen LogP) is 1.52. The molecule has 0 saturated heterocycles. The number of hydrogen-bond acceptors (Lipinski definition) is 4. The monoisotopic (exact) mass is 324 g/mol. The predicted molar refractivity (Wildman–Crippen MR) is 90.4 cm³/mol. The summed E-state index contributed by atoms with van der Waals surface area (Å²) < 4.78 is 3.80. The average Bonchev–Trinajstić information content (AvgIpc) is 3.04. The van der Waals surface area contributed by atoms with E-state index >= 15 is 0 Å². The van der Waals surface area contributed by atoms with E-state index in [0.717, 1.165) is 29.6 Å². The normalized spacial score (nSPS) is 11.1. The fraction of sp³-hybridized carbons (Fsp3) is 0.294. The number of rotatable bonds is 5. The van der Waals surface area contributed by atoms with E-state index in [-0.39, 0.29) is 11.2 Å². The molecule has 0 saturated carbocycles. The van der Waals surface area contributed by atoms with Gasteiger partial charge in [0.25, 0.3) is 5.91 Å². The van der Waals surface area contributed by atoms with E-state index in [2.05, 4.69) is 9.97 Å². The lowest BCUT2D eigenvalue weighted by molar-refractivity contribution is 0.0993. The second-order valence-corrected chi connectivity index (χ2v) is 5.90. The van der Waals surface area contributed by atoms with Gasteiger partial charge in [0.05, 0.1) is 17.4 Å². The maximum atomic E-state index is 11.6. The number of primary amides is 1. The molecule has 0 unspecified atom stereocenters. The van der Waals surface area contributed by atoms with Crippen LogP contribution in [0, 0.1) is 19.3 Å². The summed E-state index contributed by atoms with van der Waals surface area (Å²) in [6.07, 6.45) is 6.21. The average molecular weight is 324 g/mol. The zero-order valence-corrected chi connectivity index (χ0v) is 13.8. The van der Waals surface area contributed by atoms with Crippen LogP contribution in [0.3, 0.4) is 0 Å². The second kappa shape index (κ2) is 6.27. The Morgan fingerprint density at radius 1 is 1.25 bits per heavy atom. The van der Waals surface area contributed by atoms with Crippen molar-refractivity contribution in [2.45, 2.75) is 33.4 Å². The van der Waals surface area contributed by atoms with Crippen molar-refractivity contribution < 1.29 is 4.79 Å². The smallest absolute Gasteiger partial charge is 0.271 e. The SMILES string of the molecule is Cc1cc2nc(C(N)=O)c(=N)n(CCCn3ccnc3)c2cc1C. The van der Waals surface area contributed by atoms with Crippen LogP contribution in [0.25, 0.3) is 11.0 Å². The fourth-order valence-electron chi connectivity index (χ4n) is 2.75. The van der Waals surface area contributed by atoms with Gasteiger partial charge in [0.15, 0.2) is 11.2 Å². The molecular weight excluding hydrogens is 304 g/mol. The van der Waals surface area contributed by atoms with Crippen LogP contribution in [0.5, 0.6) is 0 Å². The van der Waals surface area contributed by atoms with Crippen LogP contribution in [-0.2, 0) is 13.1 Å². The lowest BCUT2D eigenvalue weighted by atomic mass is 10.1. The Balaban J connectivity index is 2.05. The molecule has 3 N–H and O–H groups in total. The van der Waals surface area contributed by atoms with Crippen molar-refractivity contribution in [2.75, 3.05) is 0 Å². The van der Waals surface area contributed by atoms with Crippen molar-refractivity contribution in [3.8, 4) is 0 Å². The van der Waals surface area contributed by atoms with Gasteiger partial charge in [-0.3, -0.25) is 10.2 Å². The lowest BCUT2D eigenvalue weighted by Crippen LogP contribution is -2.32. The highest BCUT2D eigenvalue weighted by Gasteiger charge is 2.13. The van der Waals surface area contributed by atoms with E-state index in [1.165, 1.54) is 0 Å². The van der Waals surface area contributed by atoms with E-state index in [9.17, 15) is 4.79 Å². The van der Waals surface area contributed by atoms with Gasteiger partial charge >= 0.3 is 0 Å². The molecule has 0 bridgehead atoms. The minimum absolute atomic E-state index is 0.00776. The number of aryl methyl sites for hydroxylation is 4. The number of hydrogen-bond donors (Lipinski definition) is 2. The molecule has 1 aromatic carbocycles. The Labute approximate surface area is 139 Å². The van der Waals surface area contributed by atoms with E-state index in [1.54, 1.807) is 12.5 Å². The summed E-state index contributed by atoms with van der Waals surface area (Å²) >= 11 is 0. The summed E-state index contributed by atoms with van der Waals surface area (Å²) in [7, 11) is 0. The van der Waals surface area contributed by atoms with Gasteiger partial charge in [-0.2, -0.15) is 0 Å². The van der Waals surface area contributed by atoms with Crippen LogP contribution in [0.1, 0.15) is 28.0 Å². The number of benzene rings is 1. The Morgan fingerprint density at radius 2 is 2.00 bits per heavy atom. The molecule has 3 rings (SSSR count). The molecule has 0 fully saturated rings. The van der Waals surface area contributed by atoms with E-state index in [0.29, 0.717) is 12.1 Å². The zero-order chi connectivity index (χ0) is 17.3. The Hall–Kier alpha value is -2.96. The van der Waals surface area contributed by atoms with Crippen LogP contribution in [0.15, 0.2) is 30.9 Å². The van der Waals surface area contributed by atoms with Gasteiger partial charge in [0, 0.05) is 25.5 Å². The molecule has 3 aromatic rings. The number of carbonyl (C=O) groups is 1. The molecule has 2 heterocycles. The minimum atomic E-state index is -0.677. The van der Waals surface area contributed by atoms with E-state index in [1.807, 2.05) is 41.3 Å². The number of imidazole rings is 1. The molecule has 0 radical (unpaired) electrons. The van der Waals surface area contributed by atoms with Crippen molar-refractivity contribution in [1.29, 1.82) is 5.41 Å². The van der Waals surface area contributed by atoms with Crippen LogP contribution >= 0.6 is 0 Å². The molecule has 0 aliphatic rings. The second-order valence-electron chi connectivity index (χ2n) is 5.90. The zero-order valence-electron chi connectivity index (χ0n) is 13.8. The molecule has 0 aliphatic heterocycles. The third-order valence-corrected chi connectivity index (χ3v) is 4.20. The van der Waals surface area contributed by atoms with Gasteiger partial charge in [0.1, 0.15) is 0 Å². The molecule has 0 atom stereocenters. The van der Waals surface area contributed by atoms with Crippen molar-refractivity contribution in [3.05, 3.63) is 53.2 Å². The molecule has 0 spiro atoms. The topological polar surface area (TPSA) is 103 Å². The number of carbonyl (C=O) groups excluding carboxylic acids is 1. The summed E-state index contributed by atoms with van der Waals surface area (Å²) in [6.45, 7) is 5.40. The molecule has 2 aromatic heterocycles. The highest BCUT2D eigenvalue weighted by molar-refractivity contribution is 5.92. The highest BCUT2D eigenvalue weighted by Crippen LogP contribution is 2.17. The maximum absolute atomic E-state index is 11.6.